The molecule has 0 aliphatic heterocycles. The molecule has 2 nitrogen and oxygen atoms in total. The second-order valence-corrected chi connectivity index (χ2v) is 4.66. The summed E-state index contributed by atoms with van der Waals surface area (Å²) in [5.74, 6) is 0.973. The van der Waals surface area contributed by atoms with Crippen molar-refractivity contribution in [2.75, 3.05) is 13.6 Å². The number of rotatable bonds is 4. The van der Waals surface area contributed by atoms with Gasteiger partial charge in [0.2, 0.25) is 0 Å². The van der Waals surface area contributed by atoms with Crippen LogP contribution in [-0.4, -0.2) is 19.2 Å². The molecule has 84 valence electrons. The first-order valence-electron chi connectivity index (χ1n) is 5.35. The van der Waals surface area contributed by atoms with Crippen molar-refractivity contribution in [2.24, 2.45) is 0 Å². The van der Waals surface area contributed by atoms with Gasteiger partial charge >= 0.3 is 0 Å². The molecule has 0 aromatic heterocycles. The van der Waals surface area contributed by atoms with Crippen molar-refractivity contribution in [1.82, 2.24) is 5.32 Å². The highest BCUT2D eigenvalue weighted by Gasteiger charge is 2.19. The van der Waals surface area contributed by atoms with Crippen LogP contribution in [0, 0.1) is 13.8 Å². The fourth-order valence-corrected chi connectivity index (χ4v) is 1.67. The molecule has 1 N–H and O–H groups in total. The van der Waals surface area contributed by atoms with Crippen LogP contribution >= 0.6 is 0 Å². The summed E-state index contributed by atoms with van der Waals surface area (Å²) in [4.78, 5) is 0. The molecule has 0 bridgehead atoms. The zero-order valence-electron chi connectivity index (χ0n) is 10.3. The number of aryl methyl sites for hydroxylation is 2. The van der Waals surface area contributed by atoms with E-state index in [4.69, 9.17) is 4.74 Å². The molecule has 0 spiro atoms. The Morgan fingerprint density at radius 1 is 1.27 bits per heavy atom. The van der Waals surface area contributed by atoms with E-state index in [0.717, 1.165) is 12.3 Å². The number of hydrogen-bond acceptors (Lipinski definition) is 2. The van der Waals surface area contributed by atoms with Crippen molar-refractivity contribution in [1.29, 1.82) is 0 Å². The molecule has 1 aromatic rings. The van der Waals surface area contributed by atoms with Gasteiger partial charge in [0.15, 0.2) is 0 Å². The monoisotopic (exact) mass is 207 g/mol. The highest BCUT2D eigenvalue weighted by atomic mass is 16.5. The van der Waals surface area contributed by atoms with Crippen LogP contribution in [0.1, 0.15) is 25.0 Å². The minimum atomic E-state index is -0.172. The molecule has 0 fully saturated rings. The summed E-state index contributed by atoms with van der Waals surface area (Å²) in [5, 5.41) is 3.13. The second-order valence-electron chi connectivity index (χ2n) is 4.66. The maximum atomic E-state index is 5.97. The van der Waals surface area contributed by atoms with Gasteiger partial charge in [-0.15, -0.1) is 0 Å². The van der Waals surface area contributed by atoms with E-state index in [1.807, 2.05) is 13.1 Å². The van der Waals surface area contributed by atoms with Crippen LogP contribution in [0.15, 0.2) is 18.2 Å². The number of benzene rings is 1. The Bertz CT molecular complexity index is 331. The van der Waals surface area contributed by atoms with Gasteiger partial charge in [0, 0.05) is 6.54 Å². The Labute approximate surface area is 92.6 Å². The molecule has 0 heterocycles. The summed E-state index contributed by atoms with van der Waals surface area (Å²) < 4.78 is 5.97. The molecule has 1 rings (SSSR count). The maximum absolute atomic E-state index is 5.97. The smallest absolute Gasteiger partial charge is 0.123 e. The third kappa shape index (κ3) is 3.56. The fourth-order valence-electron chi connectivity index (χ4n) is 1.67. The molecule has 0 amide bonds. The van der Waals surface area contributed by atoms with Crippen molar-refractivity contribution in [3.63, 3.8) is 0 Å². The van der Waals surface area contributed by atoms with Crippen molar-refractivity contribution in [2.45, 2.75) is 33.3 Å². The van der Waals surface area contributed by atoms with E-state index in [1.54, 1.807) is 0 Å². The minimum Gasteiger partial charge on any atom is -0.486 e. The lowest BCUT2D eigenvalue weighted by atomic mass is 10.1. The van der Waals surface area contributed by atoms with Gasteiger partial charge in [-0.3, -0.25) is 0 Å². The quantitative estimate of drug-likeness (QED) is 0.819. The molecule has 0 unspecified atom stereocenters. The van der Waals surface area contributed by atoms with Crippen LogP contribution in [0.5, 0.6) is 5.75 Å². The zero-order chi connectivity index (χ0) is 11.5. The van der Waals surface area contributed by atoms with Crippen LogP contribution in [0.4, 0.5) is 0 Å². The minimum absolute atomic E-state index is 0.172. The summed E-state index contributed by atoms with van der Waals surface area (Å²) in [5.41, 5.74) is 2.29. The van der Waals surface area contributed by atoms with Crippen molar-refractivity contribution in [3.8, 4) is 5.75 Å². The Hall–Kier alpha value is -1.02. The normalized spacial score (nSPS) is 11.5. The van der Waals surface area contributed by atoms with Crippen LogP contribution < -0.4 is 10.1 Å². The number of likely N-dealkylation sites (N-methyl/N-ethyl adjacent to an activating group) is 1. The van der Waals surface area contributed by atoms with Gasteiger partial charge in [-0.1, -0.05) is 17.7 Å². The van der Waals surface area contributed by atoms with Crippen LogP contribution in [0.3, 0.4) is 0 Å². The summed E-state index contributed by atoms with van der Waals surface area (Å²) in [7, 11) is 1.94. The summed E-state index contributed by atoms with van der Waals surface area (Å²) in [6, 6.07) is 6.27. The molecule has 1 aromatic carbocycles. The maximum Gasteiger partial charge on any atom is 0.123 e. The third-order valence-electron chi connectivity index (χ3n) is 2.32. The van der Waals surface area contributed by atoms with E-state index < -0.39 is 0 Å². The van der Waals surface area contributed by atoms with Crippen LogP contribution in [0.25, 0.3) is 0 Å². The largest absolute Gasteiger partial charge is 0.486 e. The Morgan fingerprint density at radius 2 is 1.93 bits per heavy atom. The third-order valence-corrected chi connectivity index (χ3v) is 2.32. The molecule has 0 saturated carbocycles. The predicted octanol–water partition coefficient (Wildman–Crippen LogP) is 2.68. The molecule has 0 radical (unpaired) electrons. The van der Waals surface area contributed by atoms with Gasteiger partial charge in [0.25, 0.3) is 0 Å². The predicted molar refractivity (Wildman–Crippen MR) is 64.5 cm³/mol. The Kier molecular flexibility index (Phi) is 3.75. The standard InChI is InChI=1S/C13H21NO/c1-10-6-7-12(11(2)8-10)15-13(3,4)9-14-5/h6-8,14H,9H2,1-5H3. The SMILES string of the molecule is CNCC(C)(C)Oc1ccc(C)cc1C. The van der Waals surface area contributed by atoms with Crippen LogP contribution in [-0.2, 0) is 0 Å². The van der Waals surface area contributed by atoms with Crippen molar-refractivity contribution in [3.05, 3.63) is 29.3 Å². The molecular weight excluding hydrogens is 186 g/mol. The van der Waals surface area contributed by atoms with E-state index in [2.05, 4.69) is 45.1 Å². The van der Waals surface area contributed by atoms with Gasteiger partial charge in [-0.05, 0) is 46.4 Å². The first-order valence-corrected chi connectivity index (χ1v) is 5.35. The molecule has 0 saturated heterocycles. The lowest BCUT2D eigenvalue weighted by Gasteiger charge is -2.27. The molecular formula is C13H21NO. The number of nitrogens with one attached hydrogen (secondary N) is 1. The van der Waals surface area contributed by atoms with Gasteiger partial charge in [0.05, 0.1) is 0 Å². The van der Waals surface area contributed by atoms with Crippen molar-refractivity contribution >= 4 is 0 Å². The van der Waals surface area contributed by atoms with E-state index in [9.17, 15) is 0 Å². The van der Waals surface area contributed by atoms with E-state index in [-0.39, 0.29) is 5.60 Å². The molecule has 0 aliphatic rings. The first kappa shape index (κ1) is 12.1. The summed E-state index contributed by atoms with van der Waals surface area (Å²) in [6.07, 6.45) is 0. The topological polar surface area (TPSA) is 21.3 Å². The number of hydrogen-bond donors (Lipinski definition) is 1. The first-order chi connectivity index (χ1) is 6.94. The van der Waals surface area contributed by atoms with E-state index in [1.165, 1.54) is 11.1 Å². The molecule has 0 aliphatic carbocycles. The molecule has 15 heavy (non-hydrogen) atoms. The number of ether oxygens (including phenoxy) is 1. The average molecular weight is 207 g/mol. The van der Waals surface area contributed by atoms with Crippen LogP contribution in [0.2, 0.25) is 0 Å². The fraction of sp³-hybridized carbons (Fsp3) is 0.538. The molecule has 0 atom stereocenters. The Morgan fingerprint density at radius 3 is 2.47 bits per heavy atom. The van der Waals surface area contributed by atoms with Gasteiger partial charge in [-0.2, -0.15) is 0 Å². The second kappa shape index (κ2) is 4.67. The molecule has 2 heteroatoms. The highest BCUT2D eigenvalue weighted by molar-refractivity contribution is 5.36. The van der Waals surface area contributed by atoms with Crippen molar-refractivity contribution < 1.29 is 4.74 Å². The lowest BCUT2D eigenvalue weighted by molar-refractivity contribution is 0.109. The van der Waals surface area contributed by atoms with Gasteiger partial charge in [-0.25, -0.2) is 0 Å². The highest BCUT2D eigenvalue weighted by Crippen LogP contribution is 2.23. The zero-order valence-corrected chi connectivity index (χ0v) is 10.3. The van der Waals surface area contributed by atoms with E-state index >= 15 is 0 Å². The Balaban J connectivity index is 2.80. The average Bonchev–Trinajstić information content (AvgIpc) is 2.09. The van der Waals surface area contributed by atoms with E-state index in [0.29, 0.717) is 0 Å². The summed E-state index contributed by atoms with van der Waals surface area (Å²) in [6.45, 7) is 9.18. The van der Waals surface area contributed by atoms with Gasteiger partial charge < -0.3 is 10.1 Å². The summed E-state index contributed by atoms with van der Waals surface area (Å²) >= 11 is 0. The van der Waals surface area contributed by atoms with Gasteiger partial charge in [0.1, 0.15) is 11.4 Å². The lowest BCUT2D eigenvalue weighted by Crippen LogP contribution is -2.39.